The minimum Gasteiger partial charge on any atom is -0.388 e. The Hall–Kier alpha value is -3.07. The highest BCUT2D eigenvalue weighted by Crippen LogP contribution is 2.27. The van der Waals surface area contributed by atoms with Crippen LogP contribution >= 0.6 is 0 Å². The molecule has 0 aliphatic carbocycles. The number of carbonyl (C=O) groups is 1. The highest BCUT2D eigenvalue weighted by atomic mass is 16.1. The maximum absolute atomic E-state index is 11.4. The molecule has 0 fully saturated rings. The Morgan fingerprint density at radius 2 is 1.65 bits per heavy atom. The van der Waals surface area contributed by atoms with Crippen LogP contribution in [-0.2, 0) is 4.79 Å². The van der Waals surface area contributed by atoms with Gasteiger partial charge in [-0.2, -0.15) is 0 Å². The number of carbonyl (C=O) groups excluding carboxylic acids is 1. The van der Waals surface area contributed by atoms with Gasteiger partial charge in [-0.3, -0.25) is 4.79 Å². The van der Waals surface area contributed by atoms with E-state index in [0.717, 1.165) is 22.5 Å². The van der Waals surface area contributed by atoms with E-state index in [1.54, 1.807) is 0 Å². The largest absolute Gasteiger partial charge is 0.388 e. The lowest BCUT2D eigenvalue weighted by Crippen LogP contribution is -2.06. The number of hydrogen-bond donors (Lipinski definition) is 2. The average Bonchev–Trinajstić information content (AvgIpc) is 2.60. The van der Waals surface area contributed by atoms with Crippen molar-refractivity contribution in [1.82, 2.24) is 0 Å². The van der Waals surface area contributed by atoms with Gasteiger partial charge < -0.3 is 10.6 Å². The summed E-state index contributed by atoms with van der Waals surface area (Å²) in [5, 5.41) is 8.31. The van der Waals surface area contributed by atoms with Gasteiger partial charge in [-0.1, -0.05) is 36.9 Å². The number of fused-ring (bicyclic) bond motifs is 1. The van der Waals surface area contributed by atoms with Crippen LogP contribution in [0, 0.1) is 0 Å². The molecule has 0 atom stereocenters. The summed E-state index contributed by atoms with van der Waals surface area (Å²) in [5.41, 5.74) is 4.04. The number of rotatable bonds is 4. The van der Waals surface area contributed by atoms with Gasteiger partial charge in [0.1, 0.15) is 0 Å². The average molecular weight is 302 g/mol. The summed E-state index contributed by atoms with van der Waals surface area (Å²) in [6.45, 7) is 3.47. The first kappa shape index (κ1) is 14.9. The van der Waals surface area contributed by atoms with Crippen molar-refractivity contribution in [3.8, 4) is 11.1 Å². The van der Waals surface area contributed by atoms with Crippen molar-refractivity contribution in [3.63, 3.8) is 0 Å². The Bertz CT molecular complexity index is 884. The van der Waals surface area contributed by atoms with E-state index < -0.39 is 0 Å². The van der Waals surface area contributed by atoms with Crippen LogP contribution in [0.15, 0.2) is 73.3 Å². The first-order valence-electron chi connectivity index (χ1n) is 7.45. The third-order valence-corrected chi connectivity index (χ3v) is 3.78. The number of benzene rings is 3. The van der Waals surface area contributed by atoms with Crippen molar-refractivity contribution in [2.45, 2.75) is 0 Å². The summed E-state index contributed by atoms with van der Waals surface area (Å²) in [4.78, 5) is 11.4. The second-order valence-corrected chi connectivity index (χ2v) is 5.30. The number of hydrogen-bond acceptors (Lipinski definition) is 2. The van der Waals surface area contributed by atoms with E-state index in [0.29, 0.717) is 0 Å². The van der Waals surface area contributed by atoms with E-state index >= 15 is 0 Å². The van der Waals surface area contributed by atoms with Gasteiger partial charge in [-0.05, 0) is 58.3 Å². The highest BCUT2D eigenvalue weighted by Gasteiger charge is 2.03. The lowest BCUT2D eigenvalue weighted by molar-refractivity contribution is -0.111. The monoisotopic (exact) mass is 302 g/mol. The van der Waals surface area contributed by atoms with E-state index in [1.165, 1.54) is 16.8 Å². The summed E-state index contributed by atoms with van der Waals surface area (Å²) >= 11 is 0. The van der Waals surface area contributed by atoms with Crippen LogP contribution in [0.1, 0.15) is 0 Å². The predicted molar refractivity (Wildman–Crippen MR) is 97.8 cm³/mol. The Kier molecular flexibility index (Phi) is 4.11. The third-order valence-electron chi connectivity index (χ3n) is 3.78. The van der Waals surface area contributed by atoms with Gasteiger partial charge in [0.2, 0.25) is 5.91 Å². The van der Waals surface area contributed by atoms with Crippen molar-refractivity contribution in [3.05, 3.63) is 73.3 Å². The van der Waals surface area contributed by atoms with Gasteiger partial charge in [0.15, 0.2) is 0 Å². The summed E-state index contributed by atoms with van der Waals surface area (Å²) in [6.07, 6.45) is 1.27. The first-order valence-corrected chi connectivity index (χ1v) is 7.45. The zero-order valence-corrected chi connectivity index (χ0v) is 13.0. The van der Waals surface area contributed by atoms with Gasteiger partial charge in [0.05, 0.1) is 0 Å². The van der Waals surface area contributed by atoms with Crippen LogP contribution in [0.2, 0.25) is 0 Å². The van der Waals surface area contributed by atoms with E-state index in [4.69, 9.17) is 0 Å². The normalized spacial score (nSPS) is 10.3. The number of nitrogens with one attached hydrogen (secondary N) is 2. The summed E-state index contributed by atoms with van der Waals surface area (Å²) in [7, 11) is 1.92. The highest BCUT2D eigenvalue weighted by molar-refractivity contribution is 5.99. The molecule has 3 heteroatoms. The quantitative estimate of drug-likeness (QED) is 0.687. The van der Waals surface area contributed by atoms with E-state index in [1.807, 2.05) is 31.3 Å². The predicted octanol–water partition coefficient (Wildman–Crippen LogP) is 4.67. The van der Waals surface area contributed by atoms with Crippen LogP contribution in [0.5, 0.6) is 0 Å². The molecule has 3 rings (SSSR count). The van der Waals surface area contributed by atoms with Crippen LogP contribution in [0.25, 0.3) is 21.9 Å². The second-order valence-electron chi connectivity index (χ2n) is 5.30. The van der Waals surface area contributed by atoms with Crippen LogP contribution in [0.3, 0.4) is 0 Å². The SMILES string of the molecule is C=CC(=O)Nc1cccc(-c2ccc3cc(NC)ccc3c2)c1. The fourth-order valence-corrected chi connectivity index (χ4v) is 2.55. The molecule has 3 aromatic rings. The molecule has 0 heterocycles. The van der Waals surface area contributed by atoms with Crippen molar-refractivity contribution in [2.24, 2.45) is 0 Å². The molecule has 0 saturated carbocycles. The van der Waals surface area contributed by atoms with Crippen molar-refractivity contribution >= 4 is 28.1 Å². The molecular formula is C20H18N2O. The van der Waals surface area contributed by atoms with E-state index in [-0.39, 0.29) is 5.91 Å². The summed E-state index contributed by atoms with van der Waals surface area (Å²) in [6, 6.07) is 20.4. The molecule has 0 unspecified atom stereocenters. The molecular weight excluding hydrogens is 284 g/mol. The van der Waals surface area contributed by atoms with Gasteiger partial charge in [-0.15, -0.1) is 0 Å². The smallest absolute Gasteiger partial charge is 0.247 e. The van der Waals surface area contributed by atoms with Gasteiger partial charge in [-0.25, -0.2) is 0 Å². The van der Waals surface area contributed by atoms with E-state index in [2.05, 4.69) is 53.6 Å². The summed E-state index contributed by atoms with van der Waals surface area (Å²) < 4.78 is 0. The standard InChI is InChI=1S/C20H18N2O/c1-3-20(23)22-19-6-4-5-14(13-19)15-7-8-17-12-18(21-2)10-9-16(17)11-15/h3-13,21H,1H2,2H3,(H,22,23). The molecule has 0 aromatic heterocycles. The minimum absolute atomic E-state index is 0.208. The maximum atomic E-state index is 11.4. The fraction of sp³-hybridized carbons (Fsp3) is 0.0500. The lowest BCUT2D eigenvalue weighted by Gasteiger charge is -2.08. The van der Waals surface area contributed by atoms with Gasteiger partial charge >= 0.3 is 0 Å². The van der Waals surface area contributed by atoms with Crippen molar-refractivity contribution in [2.75, 3.05) is 17.7 Å². The molecule has 0 bridgehead atoms. The lowest BCUT2D eigenvalue weighted by atomic mass is 10.0. The topological polar surface area (TPSA) is 41.1 Å². The molecule has 0 spiro atoms. The maximum Gasteiger partial charge on any atom is 0.247 e. The molecule has 1 amide bonds. The molecule has 23 heavy (non-hydrogen) atoms. The molecule has 0 aliphatic heterocycles. The molecule has 0 radical (unpaired) electrons. The van der Waals surface area contributed by atoms with E-state index in [9.17, 15) is 4.79 Å². The third kappa shape index (κ3) is 3.24. The van der Waals surface area contributed by atoms with Gasteiger partial charge in [0, 0.05) is 18.4 Å². The van der Waals surface area contributed by atoms with Gasteiger partial charge in [0.25, 0.3) is 0 Å². The Morgan fingerprint density at radius 3 is 2.43 bits per heavy atom. The molecule has 0 aliphatic rings. The first-order chi connectivity index (χ1) is 11.2. The molecule has 114 valence electrons. The minimum atomic E-state index is -0.208. The number of amides is 1. The fourth-order valence-electron chi connectivity index (χ4n) is 2.55. The molecule has 3 aromatic carbocycles. The Balaban J connectivity index is 1.98. The molecule has 2 N–H and O–H groups in total. The molecule has 0 saturated heterocycles. The Morgan fingerprint density at radius 1 is 0.913 bits per heavy atom. The zero-order chi connectivity index (χ0) is 16.2. The van der Waals surface area contributed by atoms with Crippen LogP contribution in [-0.4, -0.2) is 13.0 Å². The van der Waals surface area contributed by atoms with Crippen molar-refractivity contribution < 1.29 is 4.79 Å². The zero-order valence-electron chi connectivity index (χ0n) is 13.0. The molecule has 3 nitrogen and oxygen atoms in total. The van der Waals surface area contributed by atoms with Crippen LogP contribution < -0.4 is 10.6 Å². The number of anilines is 2. The van der Waals surface area contributed by atoms with Crippen molar-refractivity contribution in [1.29, 1.82) is 0 Å². The Labute approximate surface area is 135 Å². The second kappa shape index (κ2) is 6.36. The summed E-state index contributed by atoms with van der Waals surface area (Å²) in [5.74, 6) is -0.208. The van der Waals surface area contributed by atoms with Crippen LogP contribution in [0.4, 0.5) is 11.4 Å².